The van der Waals surface area contributed by atoms with Crippen LogP contribution in [0.4, 0.5) is 0 Å². The van der Waals surface area contributed by atoms with Gasteiger partial charge in [0.05, 0.1) is 0 Å². The average Bonchev–Trinajstić information content (AvgIpc) is 2.31. The van der Waals surface area contributed by atoms with E-state index in [1.165, 1.54) is 5.56 Å². The molecule has 0 aliphatic rings. The van der Waals surface area contributed by atoms with Crippen LogP contribution in [0, 0.1) is 6.92 Å². The Balaban J connectivity index is 2.09. The molecule has 0 fully saturated rings. The molecule has 0 saturated carbocycles. The number of pyridine rings is 1. The van der Waals surface area contributed by atoms with Crippen molar-refractivity contribution in [1.82, 2.24) is 15.0 Å². The van der Waals surface area contributed by atoms with Gasteiger partial charge in [-0.05, 0) is 31.5 Å². The summed E-state index contributed by atoms with van der Waals surface area (Å²) in [6, 6.07) is 5.95. The van der Waals surface area contributed by atoms with E-state index in [0.717, 1.165) is 10.9 Å². The summed E-state index contributed by atoms with van der Waals surface area (Å²) in [6.45, 7) is 4.12. The molecule has 0 aliphatic carbocycles. The molecule has 1 unspecified atom stereocenters. The Bertz CT molecular complexity index is 442. The van der Waals surface area contributed by atoms with Crippen molar-refractivity contribution in [2.24, 2.45) is 0 Å². The molecule has 3 nitrogen and oxygen atoms in total. The van der Waals surface area contributed by atoms with Crippen LogP contribution in [-0.2, 0) is 0 Å². The minimum absolute atomic E-state index is 0.315. The van der Waals surface area contributed by atoms with Crippen molar-refractivity contribution in [3.8, 4) is 0 Å². The summed E-state index contributed by atoms with van der Waals surface area (Å²) >= 11 is 1.64. The Morgan fingerprint density at radius 2 is 1.88 bits per heavy atom. The second-order valence-corrected chi connectivity index (χ2v) is 4.83. The van der Waals surface area contributed by atoms with Gasteiger partial charge in [-0.3, -0.25) is 4.98 Å². The number of aromatic nitrogens is 3. The molecule has 0 radical (unpaired) electrons. The molecule has 2 aromatic heterocycles. The quantitative estimate of drug-likeness (QED) is 0.601. The van der Waals surface area contributed by atoms with Crippen molar-refractivity contribution in [1.29, 1.82) is 0 Å². The molecule has 0 amide bonds. The van der Waals surface area contributed by atoms with Crippen molar-refractivity contribution in [2.45, 2.75) is 24.3 Å². The first-order valence-electron chi connectivity index (χ1n) is 5.12. The van der Waals surface area contributed by atoms with Gasteiger partial charge in [-0.1, -0.05) is 17.8 Å². The van der Waals surface area contributed by atoms with E-state index in [1.807, 2.05) is 25.3 Å². The zero-order valence-corrected chi connectivity index (χ0v) is 10.1. The van der Waals surface area contributed by atoms with Crippen LogP contribution in [0.2, 0.25) is 0 Å². The molecule has 0 N–H and O–H groups in total. The van der Waals surface area contributed by atoms with Crippen LogP contribution in [0.5, 0.6) is 0 Å². The first-order chi connectivity index (χ1) is 7.75. The summed E-state index contributed by atoms with van der Waals surface area (Å²) in [5.41, 5.74) is 2.24. The van der Waals surface area contributed by atoms with E-state index in [2.05, 4.69) is 27.9 Å². The van der Waals surface area contributed by atoms with Crippen molar-refractivity contribution < 1.29 is 0 Å². The third-order valence-corrected chi connectivity index (χ3v) is 3.28. The highest BCUT2D eigenvalue weighted by Crippen LogP contribution is 2.31. The summed E-state index contributed by atoms with van der Waals surface area (Å²) in [6.07, 6.45) is 5.43. The maximum Gasteiger partial charge on any atom is 0.188 e. The van der Waals surface area contributed by atoms with Gasteiger partial charge in [0, 0.05) is 29.5 Å². The molecular formula is C12H13N3S. The fraction of sp³-hybridized carbons (Fsp3) is 0.250. The zero-order chi connectivity index (χ0) is 11.4. The van der Waals surface area contributed by atoms with E-state index >= 15 is 0 Å². The Hall–Kier alpha value is -1.42. The lowest BCUT2D eigenvalue weighted by Gasteiger charge is -2.09. The normalized spacial score (nSPS) is 12.4. The van der Waals surface area contributed by atoms with Crippen LogP contribution < -0.4 is 0 Å². The van der Waals surface area contributed by atoms with Crippen LogP contribution >= 0.6 is 11.8 Å². The van der Waals surface area contributed by atoms with Gasteiger partial charge in [0.2, 0.25) is 0 Å². The highest BCUT2D eigenvalue weighted by atomic mass is 32.2. The molecule has 2 rings (SSSR count). The van der Waals surface area contributed by atoms with Gasteiger partial charge < -0.3 is 0 Å². The number of aryl methyl sites for hydroxylation is 1. The molecule has 2 aromatic rings. The highest BCUT2D eigenvalue weighted by molar-refractivity contribution is 7.99. The number of nitrogens with zero attached hydrogens (tertiary/aromatic N) is 3. The lowest BCUT2D eigenvalue weighted by atomic mass is 10.2. The van der Waals surface area contributed by atoms with E-state index < -0.39 is 0 Å². The van der Waals surface area contributed by atoms with E-state index in [9.17, 15) is 0 Å². The minimum atomic E-state index is 0.315. The van der Waals surface area contributed by atoms with E-state index in [4.69, 9.17) is 0 Å². The molecule has 0 saturated heterocycles. The van der Waals surface area contributed by atoms with Gasteiger partial charge in [-0.25, -0.2) is 9.97 Å². The predicted octanol–water partition coefficient (Wildman–Crippen LogP) is 3.03. The fourth-order valence-corrected chi connectivity index (χ4v) is 2.13. The van der Waals surface area contributed by atoms with Crippen LogP contribution in [0.1, 0.15) is 23.4 Å². The summed E-state index contributed by atoms with van der Waals surface area (Å²) in [5.74, 6) is 0. The molecular weight excluding hydrogens is 218 g/mol. The molecule has 0 aliphatic heterocycles. The molecule has 4 heteroatoms. The molecule has 0 spiro atoms. The molecule has 82 valence electrons. The lowest BCUT2D eigenvalue weighted by molar-refractivity contribution is 0.949. The standard InChI is InChI=1S/C12H13N3S/c1-9-4-5-11(8-15-9)10(2)16-12-13-6-3-7-14-12/h3-8,10H,1-2H3. The fourth-order valence-electron chi connectivity index (χ4n) is 1.29. The van der Waals surface area contributed by atoms with Gasteiger partial charge in [0.25, 0.3) is 0 Å². The van der Waals surface area contributed by atoms with Crippen LogP contribution in [-0.4, -0.2) is 15.0 Å². The number of hydrogen-bond donors (Lipinski definition) is 0. The number of rotatable bonds is 3. The second-order valence-electron chi connectivity index (χ2n) is 3.52. The van der Waals surface area contributed by atoms with E-state index in [-0.39, 0.29) is 0 Å². The minimum Gasteiger partial charge on any atom is -0.261 e. The third-order valence-electron chi connectivity index (χ3n) is 2.23. The van der Waals surface area contributed by atoms with E-state index in [0.29, 0.717) is 5.25 Å². The SMILES string of the molecule is Cc1ccc(C(C)Sc2ncccn2)cn1. The number of hydrogen-bond acceptors (Lipinski definition) is 4. The molecule has 2 heterocycles. The summed E-state index contributed by atoms with van der Waals surface area (Å²) in [7, 11) is 0. The summed E-state index contributed by atoms with van der Waals surface area (Å²) < 4.78 is 0. The Labute approximate surface area is 99.4 Å². The van der Waals surface area contributed by atoms with Gasteiger partial charge in [-0.2, -0.15) is 0 Å². The van der Waals surface area contributed by atoms with Gasteiger partial charge in [0.15, 0.2) is 5.16 Å². The monoisotopic (exact) mass is 231 g/mol. The maximum absolute atomic E-state index is 4.29. The maximum atomic E-state index is 4.29. The summed E-state index contributed by atoms with van der Waals surface area (Å²) in [4.78, 5) is 12.7. The topological polar surface area (TPSA) is 38.7 Å². The van der Waals surface area contributed by atoms with Gasteiger partial charge in [-0.15, -0.1) is 0 Å². The smallest absolute Gasteiger partial charge is 0.188 e. The largest absolute Gasteiger partial charge is 0.261 e. The third kappa shape index (κ3) is 2.79. The van der Waals surface area contributed by atoms with Crippen LogP contribution in [0.15, 0.2) is 41.9 Å². The van der Waals surface area contributed by atoms with E-state index in [1.54, 1.807) is 24.2 Å². The molecule has 0 bridgehead atoms. The van der Waals surface area contributed by atoms with Crippen LogP contribution in [0.3, 0.4) is 0 Å². The second kappa shape index (κ2) is 5.07. The lowest BCUT2D eigenvalue weighted by Crippen LogP contribution is -1.93. The average molecular weight is 231 g/mol. The van der Waals surface area contributed by atoms with Crippen molar-refractivity contribution in [2.75, 3.05) is 0 Å². The predicted molar refractivity (Wildman–Crippen MR) is 65.3 cm³/mol. The Morgan fingerprint density at radius 3 is 2.50 bits per heavy atom. The van der Waals surface area contributed by atoms with Crippen molar-refractivity contribution >= 4 is 11.8 Å². The Morgan fingerprint density at radius 1 is 1.12 bits per heavy atom. The zero-order valence-electron chi connectivity index (χ0n) is 9.29. The van der Waals surface area contributed by atoms with Crippen molar-refractivity contribution in [3.05, 3.63) is 48.0 Å². The first kappa shape index (κ1) is 11.1. The Kier molecular flexibility index (Phi) is 3.51. The van der Waals surface area contributed by atoms with Gasteiger partial charge >= 0.3 is 0 Å². The molecule has 16 heavy (non-hydrogen) atoms. The number of thioether (sulfide) groups is 1. The van der Waals surface area contributed by atoms with Crippen molar-refractivity contribution in [3.63, 3.8) is 0 Å². The molecule has 1 atom stereocenters. The van der Waals surface area contributed by atoms with Gasteiger partial charge in [0.1, 0.15) is 0 Å². The van der Waals surface area contributed by atoms with Crippen LogP contribution in [0.25, 0.3) is 0 Å². The highest BCUT2D eigenvalue weighted by Gasteiger charge is 2.08. The first-order valence-corrected chi connectivity index (χ1v) is 6.00. The molecule has 0 aromatic carbocycles. The summed E-state index contributed by atoms with van der Waals surface area (Å²) in [5, 5.41) is 1.12.